The van der Waals surface area contributed by atoms with Crippen LogP contribution in [-0.2, 0) is 16.4 Å². The highest BCUT2D eigenvalue weighted by Crippen LogP contribution is 2.31. The SMILES string of the molecule is CS(=O)(=O)Nc1ccccc1C(=O)NCC1CCCc2ccccc21. The Balaban J connectivity index is 1.72. The second kappa shape index (κ2) is 7.27. The molecule has 6 heteroatoms. The zero-order valence-electron chi connectivity index (χ0n) is 14.2. The Morgan fingerprint density at radius 1 is 1.12 bits per heavy atom. The van der Waals surface area contributed by atoms with E-state index >= 15 is 0 Å². The lowest BCUT2D eigenvalue weighted by Gasteiger charge is -2.25. The summed E-state index contributed by atoms with van der Waals surface area (Å²) in [7, 11) is -3.44. The van der Waals surface area contributed by atoms with Crippen molar-refractivity contribution < 1.29 is 13.2 Å². The van der Waals surface area contributed by atoms with E-state index in [2.05, 4.69) is 22.2 Å². The number of amides is 1. The fourth-order valence-electron chi connectivity index (χ4n) is 3.35. The van der Waals surface area contributed by atoms with Gasteiger partial charge in [-0.05, 0) is 42.5 Å². The van der Waals surface area contributed by atoms with Crippen LogP contribution in [0.2, 0.25) is 0 Å². The van der Waals surface area contributed by atoms with Gasteiger partial charge < -0.3 is 5.32 Å². The monoisotopic (exact) mass is 358 g/mol. The molecule has 1 aliphatic rings. The maximum atomic E-state index is 12.6. The summed E-state index contributed by atoms with van der Waals surface area (Å²) in [5.74, 6) is 0.0266. The molecule has 5 nitrogen and oxygen atoms in total. The van der Waals surface area contributed by atoms with Crippen molar-refractivity contribution in [3.63, 3.8) is 0 Å². The van der Waals surface area contributed by atoms with Crippen LogP contribution in [-0.4, -0.2) is 27.1 Å². The molecule has 3 rings (SSSR count). The van der Waals surface area contributed by atoms with Crippen LogP contribution in [0.4, 0.5) is 5.69 Å². The van der Waals surface area contributed by atoms with Crippen LogP contribution in [0.25, 0.3) is 0 Å². The van der Waals surface area contributed by atoms with Crippen LogP contribution in [0.1, 0.15) is 40.2 Å². The second-order valence-electron chi connectivity index (χ2n) is 6.42. The van der Waals surface area contributed by atoms with E-state index in [0.717, 1.165) is 25.5 Å². The van der Waals surface area contributed by atoms with Gasteiger partial charge >= 0.3 is 0 Å². The normalized spacial score (nSPS) is 16.8. The Morgan fingerprint density at radius 2 is 1.84 bits per heavy atom. The third kappa shape index (κ3) is 4.39. The van der Waals surface area contributed by atoms with Crippen molar-refractivity contribution in [1.82, 2.24) is 5.32 Å². The first kappa shape index (κ1) is 17.5. The summed E-state index contributed by atoms with van der Waals surface area (Å²) in [6.45, 7) is 0.545. The summed E-state index contributed by atoms with van der Waals surface area (Å²) in [5.41, 5.74) is 3.28. The first-order valence-corrected chi connectivity index (χ1v) is 10.3. The van der Waals surface area contributed by atoms with E-state index in [1.165, 1.54) is 11.1 Å². The molecule has 0 heterocycles. The zero-order valence-corrected chi connectivity index (χ0v) is 15.0. The van der Waals surface area contributed by atoms with Crippen LogP contribution < -0.4 is 10.0 Å². The molecule has 1 amide bonds. The quantitative estimate of drug-likeness (QED) is 0.863. The van der Waals surface area contributed by atoms with Crippen molar-refractivity contribution >= 4 is 21.6 Å². The summed E-state index contributed by atoms with van der Waals surface area (Å²) in [4.78, 5) is 12.6. The molecule has 1 aliphatic carbocycles. The van der Waals surface area contributed by atoms with Crippen molar-refractivity contribution in [1.29, 1.82) is 0 Å². The molecule has 0 aliphatic heterocycles. The summed E-state index contributed by atoms with van der Waals surface area (Å²) in [6.07, 6.45) is 4.31. The molecule has 1 atom stereocenters. The topological polar surface area (TPSA) is 75.3 Å². The molecule has 0 spiro atoms. The first-order chi connectivity index (χ1) is 11.9. The first-order valence-electron chi connectivity index (χ1n) is 8.37. The van der Waals surface area contributed by atoms with E-state index in [0.29, 0.717) is 23.7 Å². The van der Waals surface area contributed by atoms with Crippen molar-refractivity contribution in [2.75, 3.05) is 17.5 Å². The highest BCUT2D eigenvalue weighted by molar-refractivity contribution is 7.92. The molecular formula is C19H22N2O3S. The summed E-state index contributed by atoms with van der Waals surface area (Å²) in [6, 6.07) is 15.0. The van der Waals surface area contributed by atoms with Crippen molar-refractivity contribution in [2.24, 2.45) is 0 Å². The van der Waals surface area contributed by atoms with Crippen molar-refractivity contribution in [3.8, 4) is 0 Å². The van der Waals surface area contributed by atoms with Gasteiger partial charge in [0.1, 0.15) is 0 Å². The van der Waals surface area contributed by atoms with Crippen LogP contribution >= 0.6 is 0 Å². The molecule has 25 heavy (non-hydrogen) atoms. The number of nitrogens with one attached hydrogen (secondary N) is 2. The predicted octanol–water partition coefficient (Wildman–Crippen LogP) is 2.91. The maximum Gasteiger partial charge on any atom is 0.253 e. The number of para-hydroxylation sites is 1. The number of aryl methyl sites for hydroxylation is 1. The Kier molecular flexibility index (Phi) is 5.08. The average Bonchev–Trinajstić information content (AvgIpc) is 2.58. The Hall–Kier alpha value is -2.34. The number of rotatable bonds is 5. The van der Waals surface area contributed by atoms with Crippen LogP contribution in [0.15, 0.2) is 48.5 Å². The lowest BCUT2D eigenvalue weighted by atomic mass is 9.83. The van der Waals surface area contributed by atoms with E-state index in [4.69, 9.17) is 0 Å². The number of benzene rings is 2. The van der Waals surface area contributed by atoms with Gasteiger partial charge in [0, 0.05) is 12.5 Å². The van der Waals surface area contributed by atoms with Gasteiger partial charge in [-0.3, -0.25) is 9.52 Å². The highest BCUT2D eigenvalue weighted by Gasteiger charge is 2.21. The molecule has 2 aromatic carbocycles. The van der Waals surface area contributed by atoms with Crippen molar-refractivity contribution in [3.05, 3.63) is 65.2 Å². The van der Waals surface area contributed by atoms with Gasteiger partial charge in [-0.15, -0.1) is 0 Å². The third-order valence-electron chi connectivity index (χ3n) is 4.47. The largest absolute Gasteiger partial charge is 0.351 e. The van der Waals surface area contributed by atoms with E-state index in [-0.39, 0.29) is 5.91 Å². The maximum absolute atomic E-state index is 12.6. The molecule has 2 N–H and O–H groups in total. The standard InChI is InChI=1S/C19H22N2O3S/c1-25(23,24)21-18-12-5-4-11-17(18)19(22)20-13-15-9-6-8-14-7-2-3-10-16(14)15/h2-5,7,10-12,15,21H,6,8-9,13H2,1H3,(H,20,22). The predicted molar refractivity (Wildman–Crippen MR) is 99.4 cm³/mol. The summed E-state index contributed by atoms with van der Waals surface area (Å²) in [5, 5.41) is 2.96. The smallest absolute Gasteiger partial charge is 0.253 e. The van der Waals surface area contributed by atoms with Gasteiger partial charge in [0.2, 0.25) is 10.0 Å². The Bertz CT molecular complexity index is 878. The number of anilines is 1. The van der Waals surface area contributed by atoms with E-state index < -0.39 is 10.0 Å². The molecule has 0 aromatic heterocycles. The molecule has 132 valence electrons. The lowest BCUT2D eigenvalue weighted by molar-refractivity contribution is 0.0951. The minimum absolute atomic E-state index is 0.269. The molecule has 0 bridgehead atoms. The number of fused-ring (bicyclic) bond motifs is 1. The number of hydrogen-bond donors (Lipinski definition) is 2. The van der Waals surface area contributed by atoms with Crippen LogP contribution in [0.5, 0.6) is 0 Å². The molecule has 2 aromatic rings. The lowest BCUT2D eigenvalue weighted by Crippen LogP contribution is -2.30. The van der Waals surface area contributed by atoms with E-state index in [9.17, 15) is 13.2 Å². The Labute approximate surface area is 148 Å². The minimum atomic E-state index is -3.44. The molecule has 0 radical (unpaired) electrons. The Morgan fingerprint density at radius 3 is 2.64 bits per heavy atom. The van der Waals surface area contributed by atoms with Crippen molar-refractivity contribution in [2.45, 2.75) is 25.2 Å². The van der Waals surface area contributed by atoms with Gasteiger partial charge in [-0.1, -0.05) is 36.4 Å². The minimum Gasteiger partial charge on any atom is -0.351 e. The third-order valence-corrected chi connectivity index (χ3v) is 5.06. The number of carbonyl (C=O) groups excluding carboxylic acids is 1. The highest BCUT2D eigenvalue weighted by atomic mass is 32.2. The molecule has 0 saturated heterocycles. The fourth-order valence-corrected chi connectivity index (χ4v) is 3.93. The molecule has 1 unspecified atom stereocenters. The average molecular weight is 358 g/mol. The summed E-state index contributed by atoms with van der Waals surface area (Å²) >= 11 is 0. The number of carbonyl (C=O) groups is 1. The zero-order chi connectivity index (χ0) is 17.9. The molecular weight excluding hydrogens is 336 g/mol. The molecule has 0 fully saturated rings. The molecule has 0 saturated carbocycles. The van der Waals surface area contributed by atoms with E-state index in [1.54, 1.807) is 24.3 Å². The van der Waals surface area contributed by atoms with Crippen LogP contribution in [0, 0.1) is 0 Å². The number of hydrogen-bond acceptors (Lipinski definition) is 3. The summed E-state index contributed by atoms with van der Waals surface area (Å²) < 4.78 is 25.3. The van der Waals surface area contributed by atoms with Crippen LogP contribution in [0.3, 0.4) is 0 Å². The second-order valence-corrected chi connectivity index (χ2v) is 8.17. The fraction of sp³-hybridized carbons (Fsp3) is 0.316. The van der Waals surface area contributed by atoms with Gasteiger partial charge in [0.15, 0.2) is 0 Å². The van der Waals surface area contributed by atoms with Gasteiger partial charge in [0.05, 0.1) is 17.5 Å². The number of sulfonamides is 1. The van der Waals surface area contributed by atoms with Gasteiger partial charge in [0.25, 0.3) is 5.91 Å². The van der Waals surface area contributed by atoms with E-state index in [1.807, 2.05) is 12.1 Å². The van der Waals surface area contributed by atoms with Gasteiger partial charge in [-0.25, -0.2) is 8.42 Å². The van der Waals surface area contributed by atoms with Gasteiger partial charge in [-0.2, -0.15) is 0 Å².